The fourth-order valence-corrected chi connectivity index (χ4v) is 4.95. The van der Waals surface area contributed by atoms with Gasteiger partial charge in [0.2, 0.25) is 5.75 Å². The van der Waals surface area contributed by atoms with E-state index in [1.165, 1.54) is 6.07 Å². The van der Waals surface area contributed by atoms with Crippen LogP contribution in [0.15, 0.2) is 92.7 Å². The first-order chi connectivity index (χ1) is 18.7. The Labute approximate surface area is 219 Å². The highest BCUT2D eigenvalue weighted by molar-refractivity contribution is 6.07. The van der Waals surface area contributed by atoms with E-state index in [4.69, 9.17) is 18.6 Å². The molecule has 6 rings (SSSR count). The molecule has 0 amide bonds. The minimum absolute atomic E-state index is 0.408. The molecule has 7 nitrogen and oxygen atoms in total. The van der Waals surface area contributed by atoms with Gasteiger partial charge in [-0.25, -0.2) is 9.78 Å². The summed E-state index contributed by atoms with van der Waals surface area (Å²) in [6.07, 6.45) is 3.46. The Hall–Kier alpha value is -4.36. The Morgan fingerprint density at radius 1 is 0.868 bits per heavy atom. The van der Waals surface area contributed by atoms with Crippen molar-refractivity contribution in [2.75, 3.05) is 38.6 Å². The second-order valence-corrected chi connectivity index (χ2v) is 9.52. The molecule has 0 radical (unpaired) electrons. The van der Waals surface area contributed by atoms with E-state index in [9.17, 15) is 4.79 Å². The lowest BCUT2D eigenvalue weighted by molar-refractivity contribution is 0.261. The Kier molecular flexibility index (Phi) is 6.67. The van der Waals surface area contributed by atoms with Crippen LogP contribution >= 0.6 is 0 Å². The van der Waals surface area contributed by atoms with Crippen LogP contribution in [-0.2, 0) is 0 Å². The lowest BCUT2D eigenvalue weighted by atomic mass is 10.1. The summed E-state index contributed by atoms with van der Waals surface area (Å²) < 4.78 is 17.2. The molecule has 0 atom stereocenters. The zero-order chi connectivity index (χ0) is 25.9. The monoisotopic (exact) mass is 507 g/mol. The summed E-state index contributed by atoms with van der Waals surface area (Å²) in [6, 6.07) is 23.5. The lowest BCUT2D eigenvalue weighted by Gasteiger charge is -2.18. The number of hydrogen-bond acceptors (Lipinski definition) is 7. The fraction of sp³-hybridized carbons (Fsp3) is 0.226. The van der Waals surface area contributed by atoms with Crippen LogP contribution in [0.2, 0.25) is 0 Å². The molecule has 0 fully saturated rings. The summed E-state index contributed by atoms with van der Waals surface area (Å²) >= 11 is 0. The van der Waals surface area contributed by atoms with Crippen molar-refractivity contribution in [3.63, 3.8) is 0 Å². The summed E-state index contributed by atoms with van der Waals surface area (Å²) in [6.45, 7) is 3.20. The standard InChI is InChI=1S/C31H29N3O4/c1-34(16-6-15-32-28-23-8-2-4-10-25(23)33-26-11-5-3-9-24(26)28)17-7-18-36-31-29-22(14-19-37-29)20-21-12-13-27(35)38-30(21)31/h2-5,8-14,19-20H,6-7,15-18H2,1H3,(H,32,33). The van der Waals surface area contributed by atoms with Crippen molar-refractivity contribution >= 4 is 49.4 Å². The van der Waals surface area contributed by atoms with E-state index in [0.717, 1.165) is 70.7 Å². The smallest absolute Gasteiger partial charge is 0.336 e. The maximum atomic E-state index is 11.8. The van der Waals surface area contributed by atoms with Crippen LogP contribution in [0.5, 0.6) is 5.75 Å². The Morgan fingerprint density at radius 3 is 2.37 bits per heavy atom. The number of ether oxygens (including phenoxy) is 1. The minimum atomic E-state index is -0.408. The zero-order valence-corrected chi connectivity index (χ0v) is 21.3. The van der Waals surface area contributed by atoms with Gasteiger partial charge in [-0.3, -0.25) is 0 Å². The van der Waals surface area contributed by atoms with Crippen molar-refractivity contribution in [2.45, 2.75) is 12.8 Å². The molecule has 3 heterocycles. The first kappa shape index (κ1) is 24.0. The Balaban J connectivity index is 1.03. The highest BCUT2D eigenvalue weighted by Gasteiger charge is 2.15. The molecule has 0 saturated heterocycles. The predicted octanol–water partition coefficient (Wildman–Crippen LogP) is 6.44. The largest absolute Gasteiger partial charge is 0.486 e. The number of hydrogen-bond donors (Lipinski definition) is 1. The molecule has 1 N–H and O–H groups in total. The van der Waals surface area contributed by atoms with Crippen LogP contribution in [0.4, 0.5) is 5.69 Å². The van der Waals surface area contributed by atoms with Crippen molar-refractivity contribution in [1.29, 1.82) is 0 Å². The van der Waals surface area contributed by atoms with Gasteiger partial charge in [0.05, 0.1) is 29.6 Å². The van der Waals surface area contributed by atoms with Crippen LogP contribution in [0.25, 0.3) is 43.7 Å². The molecule has 192 valence electrons. The van der Waals surface area contributed by atoms with Crippen LogP contribution in [0, 0.1) is 0 Å². The maximum Gasteiger partial charge on any atom is 0.336 e. The Morgan fingerprint density at radius 2 is 1.58 bits per heavy atom. The molecule has 0 saturated carbocycles. The van der Waals surface area contributed by atoms with Crippen molar-refractivity contribution < 1.29 is 13.6 Å². The molecule has 3 aromatic heterocycles. The molecule has 6 aromatic rings. The van der Waals surface area contributed by atoms with Gasteiger partial charge in [0.1, 0.15) is 0 Å². The Bertz CT molecular complexity index is 1740. The molecule has 0 unspecified atom stereocenters. The summed E-state index contributed by atoms with van der Waals surface area (Å²) in [5.74, 6) is 0.490. The van der Waals surface area contributed by atoms with Crippen molar-refractivity contribution in [3.8, 4) is 5.75 Å². The minimum Gasteiger partial charge on any atom is -0.486 e. The summed E-state index contributed by atoms with van der Waals surface area (Å²) in [5.41, 5.74) is 3.77. The average molecular weight is 508 g/mol. The van der Waals surface area contributed by atoms with E-state index in [1.54, 1.807) is 12.3 Å². The lowest BCUT2D eigenvalue weighted by Crippen LogP contribution is -2.24. The van der Waals surface area contributed by atoms with E-state index in [0.29, 0.717) is 23.5 Å². The van der Waals surface area contributed by atoms with Gasteiger partial charge in [-0.15, -0.1) is 0 Å². The number of fused-ring (bicyclic) bond motifs is 4. The van der Waals surface area contributed by atoms with Crippen LogP contribution in [0.1, 0.15) is 12.8 Å². The molecule has 0 aliphatic carbocycles. The van der Waals surface area contributed by atoms with Gasteiger partial charge in [0.15, 0.2) is 11.2 Å². The number of nitrogens with zero attached hydrogens (tertiary/aromatic N) is 2. The topological polar surface area (TPSA) is 80.7 Å². The number of para-hydroxylation sites is 2. The predicted molar refractivity (Wildman–Crippen MR) is 152 cm³/mol. The molecule has 0 aliphatic rings. The van der Waals surface area contributed by atoms with Crippen molar-refractivity contribution in [1.82, 2.24) is 9.88 Å². The summed E-state index contributed by atoms with van der Waals surface area (Å²) in [5, 5.41) is 7.69. The highest BCUT2D eigenvalue weighted by Crippen LogP contribution is 2.35. The first-order valence-electron chi connectivity index (χ1n) is 12.9. The quantitative estimate of drug-likeness (QED) is 0.130. The van der Waals surface area contributed by atoms with Gasteiger partial charge in [-0.2, -0.15) is 0 Å². The second kappa shape index (κ2) is 10.6. The average Bonchev–Trinajstić information content (AvgIpc) is 3.41. The van der Waals surface area contributed by atoms with Gasteiger partial charge in [-0.05, 0) is 56.8 Å². The number of furan rings is 1. The van der Waals surface area contributed by atoms with Gasteiger partial charge in [-0.1, -0.05) is 36.4 Å². The number of rotatable bonds is 10. The number of anilines is 1. The van der Waals surface area contributed by atoms with E-state index in [2.05, 4.69) is 53.7 Å². The van der Waals surface area contributed by atoms with E-state index < -0.39 is 5.63 Å². The molecule has 0 spiro atoms. The normalized spacial score (nSPS) is 11.7. The molecular formula is C31H29N3O4. The third-order valence-corrected chi connectivity index (χ3v) is 6.82. The van der Waals surface area contributed by atoms with Crippen LogP contribution in [-0.4, -0.2) is 43.2 Å². The SMILES string of the molecule is CN(CCCNc1c2ccccc2nc2ccccc12)CCCOc1c2occc2cc2ccc(=O)oc12. The van der Waals surface area contributed by atoms with Gasteiger partial charge in [0, 0.05) is 40.7 Å². The third-order valence-electron chi connectivity index (χ3n) is 6.82. The van der Waals surface area contributed by atoms with E-state index in [1.807, 2.05) is 24.3 Å². The van der Waals surface area contributed by atoms with Gasteiger partial charge < -0.3 is 23.8 Å². The van der Waals surface area contributed by atoms with Crippen LogP contribution < -0.4 is 15.7 Å². The fourth-order valence-electron chi connectivity index (χ4n) is 4.95. The number of nitrogens with one attached hydrogen (secondary N) is 1. The van der Waals surface area contributed by atoms with Crippen LogP contribution in [0.3, 0.4) is 0 Å². The van der Waals surface area contributed by atoms with Gasteiger partial charge in [0.25, 0.3) is 0 Å². The number of aromatic nitrogens is 1. The van der Waals surface area contributed by atoms with Crippen molar-refractivity contribution in [2.24, 2.45) is 0 Å². The van der Waals surface area contributed by atoms with Gasteiger partial charge >= 0.3 is 5.63 Å². The third kappa shape index (κ3) is 4.80. The molecule has 0 aliphatic heterocycles. The molecule has 0 bridgehead atoms. The number of pyridine rings is 1. The highest BCUT2D eigenvalue weighted by atomic mass is 16.5. The zero-order valence-electron chi connectivity index (χ0n) is 21.3. The molecule has 7 heteroatoms. The molecule has 38 heavy (non-hydrogen) atoms. The molecule has 3 aromatic carbocycles. The number of benzene rings is 3. The second-order valence-electron chi connectivity index (χ2n) is 9.52. The summed E-state index contributed by atoms with van der Waals surface area (Å²) in [4.78, 5) is 18.9. The summed E-state index contributed by atoms with van der Waals surface area (Å²) in [7, 11) is 2.12. The van der Waals surface area contributed by atoms with E-state index >= 15 is 0 Å². The molecular weight excluding hydrogens is 478 g/mol. The first-order valence-corrected chi connectivity index (χ1v) is 12.9. The van der Waals surface area contributed by atoms with E-state index in [-0.39, 0.29) is 0 Å². The maximum absolute atomic E-state index is 11.8. The van der Waals surface area contributed by atoms with Crippen molar-refractivity contribution in [3.05, 3.63) is 89.5 Å².